The Morgan fingerprint density at radius 2 is 1.93 bits per heavy atom. The van der Waals surface area contributed by atoms with E-state index in [9.17, 15) is 8.42 Å². The fourth-order valence-corrected chi connectivity index (χ4v) is 5.18. The van der Waals surface area contributed by atoms with Crippen molar-refractivity contribution in [2.24, 2.45) is 4.99 Å². The van der Waals surface area contributed by atoms with Gasteiger partial charge in [0, 0.05) is 51.9 Å². The maximum atomic E-state index is 12.8. The van der Waals surface area contributed by atoms with Crippen molar-refractivity contribution in [1.29, 1.82) is 0 Å². The number of rotatable bonds is 7. The van der Waals surface area contributed by atoms with Crippen molar-refractivity contribution in [2.45, 2.75) is 37.8 Å². The average Bonchev–Trinajstić information content (AvgIpc) is 3.17. The Morgan fingerprint density at radius 3 is 2.50 bits per heavy atom. The quantitative estimate of drug-likeness (QED) is 0.527. The molecule has 0 aliphatic carbocycles. The van der Waals surface area contributed by atoms with Crippen molar-refractivity contribution < 1.29 is 12.9 Å². The van der Waals surface area contributed by atoms with Crippen molar-refractivity contribution >= 4 is 15.8 Å². The molecule has 0 amide bonds. The molecular formula is C21H31N5O3S. The second kappa shape index (κ2) is 10.1. The highest BCUT2D eigenvalue weighted by atomic mass is 32.2. The predicted molar refractivity (Wildman–Crippen MR) is 117 cm³/mol. The van der Waals surface area contributed by atoms with Gasteiger partial charge in [-0.3, -0.25) is 9.89 Å². The van der Waals surface area contributed by atoms with E-state index in [2.05, 4.69) is 25.3 Å². The number of nitrogens with zero attached hydrogens (tertiary/aromatic N) is 4. The molecule has 30 heavy (non-hydrogen) atoms. The molecule has 2 heterocycles. The standard InChI is InChI=1S/C21H31N5O3S/c1-4-18(16-30(27,28)20-8-6-5-7-9-20)23-21(22-3)26-12-10-25(11-13-26)15-19-14-17(2)29-24-19/h5-9,14,18H,4,10-13,15-16H2,1-3H3,(H,22,23). The Bertz CT molecular complexity index is 935. The van der Waals surface area contributed by atoms with Crippen LogP contribution >= 0.6 is 0 Å². The van der Waals surface area contributed by atoms with Crippen LogP contribution in [0.2, 0.25) is 0 Å². The summed E-state index contributed by atoms with van der Waals surface area (Å²) in [6, 6.07) is 10.4. The van der Waals surface area contributed by atoms with Gasteiger partial charge < -0.3 is 14.7 Å². The van der Waals surface area contributed by atoms with Crippen LogP contribution in [-0.2, 0) is 16.4 Å². The Kier molecular flexibility index (Phi) is 7.49. The van der Waals surface area contributed by atoms with Gasteiger partial charge in [-0.25, -0.2) is 8.42 Å². The number of aliphatic imine (C=N–C) groups is 1. The molecule has 1 fully saturated rings. The summed E-state index contributed by atoms with van der Waals surface area (Å²) in [7, 11) is -1.62. The first-order chi connectivity index (χ1) is 14.4. The van der Waals surface area contributed by atoms with Gasteiger partial charge in [-0.2, -0.15) is 0 Å². The molecule has 164 valence electrons. The van der Waals surface area contributed by atoms with E-state index in [1.54, 1.807) is 31.3 Å². The number of guanidine groups is 1. The van der Waals surface area contributed by atoms with E-state index in [0.717, 1.165) is 50.1 Å². The van der Waals surface area contributed by atoms with Crippen molar-refractivity contribution in [3.63, 3.8) is 0 Å². The second-order valence-corrected chi connectivity index (χ2v) is 9.62. The minimum Gasteiger partial charge on any atom is -0.361 e. The summed E-state index contributed by atoms with van der Waals surface area (Å²) in [5.74, 6) is 1.62. The third-order valence-electron chi connectivity index (χ3n) is 5.29. The first-order valence-corrected chi connectivity index (χ1v) is 12.0. The molecule has 1 aromatic heterocycles. The molecule has 9 heteroatoms. The predicted octanol–water partition coefficient (Wildman–Crippen LogP) is 1.93. The molecule has 8 nitrogen and oxygen atoms in total. The summed E-state index contributed by atoms with van der Waals surface area (Å²) < 4.78 is 30.6. The monoisotopic (exact) mass is 433 g/mol. The molecule has 2 aromatic rings. The highest BCUT2D eigenvalue weighted by Gasteiger charge is 2.25. The van der Waals surface area contributed by atoms with E-state index in [1.165, 1.54) is 0 Å². The number of aromatic nitrogens is 1. The fourth-order valence-electron chi connectivity index (χ4n) is 3.57. The molecule has 1 N–H and O–H groups in total. The van der Waals surface area contributed by atoms with E-state index in [4.69, 9.17) is 4.52 Å². The van der Waals surface area contributed by atoms with Gasteiger partial charge in [0.2, 0.25) is 0 Å². The minimum atomic E-state index is -3.36. The number of sulfone groups is 1. The Morgan fingerprint density at radius 1 is 1.23 bits per heavy atom. The molecule has 1 aliphatic heterocycles. The second-order valence-electron chi connectivity index (χ2n) is 7.58. The highest BCUT2D eigenvalue weighted by Crippen LogP contribution is 2.13. The lowest BCUT2D eigenvalue weighted by molar-refractivity contribution is 0.168. The Hall–Kier alpha value is -2.39. The summed E-state index contributed by atoms with van der Waals surface area (Å²) >= 11 is 0. The fraction of sp³-hybridized carbons (Fsp3) is 0.524. The van der Waals surface area contributed by atoms with Gasteiger partial charge in [-0.1, -0.05) is 30.3 Å². The lowest BCUT2D eigenvalue weighted by Gasteiger charge is -2.37. The zero-order valence-corrected chi connectivity index (χ0v) is 18.7. The summed E-state index contributed by atoms with van der Waals surface area (Å²) in [5, 5.41) is 7.43. The maximum Gasteiger partial charge on any atom is 0.193 e. The summed E-state index contributed by atoms with van der Waals surface area (Å²) in [6.07, 6.45) is 0.691. The molecule has 1 aromatic carbocycles. The number of hydrogen-bond donors (Lipinski definition) is 1. The first kappa shape index (κ1) is 22.3. The van der Waals surface area contributed by atoms with Crippen LogP contribution in [0.5, 0.6) is 0 Å². The number of aryl methyl sites for hydroxylation is 1. The molecule has 0 bridgehead atoms. The van der Waals surface area contributed by atoms with Crippen LogP contribution in [0.25, 0.3) is 0 Å². The first-order valence-electron chi connectivity index (χ1n) is 10.3. The lowest BCUT2D eigenvalue weighted by Crippen LogP contribution is -2.54. The largest absolute Gasteiger partial charge is 0.361 e. The van der Waals surface area contributed by atoms with E-state index >= 15 is 0 Å². The van der Waals surface area contributed by atoms with E-state index < -0.39 is 9.84 Å². The van der Waals surface area contributed by atoms with Crippen molar-refractivity contribution in [2.75, 3.05) is 39.0 Å². The molecule has 3 rings (SSSR count). The summed E-state index contributed by atoms with van der Waals surface area (Å²) in [6.45, 7) is 8.05. The summed E-state index contributed by atoms with van der Waals surface area (Å²) in [4.78, 5) is 9.28. The average molecular weight is 434 g/mol. The normalized spacial score (nSPS) is 17.2. The minimum absolute atomic E-state index is 0.0397. The van der Waals surface area contributed by atoms with Crippen LogP contribution in [0.4, 0.5) is 0 Å². The van der Waals surface area contributed by atoms with Crippen molar-refractivity contribution in [3.05, 3.63) is 47.9 Å². The van der Waals surface area contributed by atoms with E-state index in [-0.39, 0.29) is 11.8 Å². The third-order valence-corrected chi connectivity index (χ3v) is 7.13. The molecule has 0 spiro atoms. The van der Waals surface area contributed by atoms with Gasteiger partial charge in [0.15, 0.2) is 15.8 Å². The zero-order chi connectivity index (χ0) is 21.6. The number of benzene rings is 1. The molecule has 1 saturated heterocycles. The molecule has 0 saturated carbocycles. The third kappa shape index (κ3) is 5.82. The van der Waals surface area contributed by atoms with Crippen molar-refractivity contribution in [1.82, 2.24) is 20.3 Å². The maximum absolute atomic E-state index is 12.8. The lowest BCUT2D eigenvalue weighted by atomic mass is 10.2. The number of nitrogens with one attached hydrogen (secondary N) is 1. The van der Waals surface area contributed by atoms with Crippen LogP contribution < -0.4 is 5.32 Å². The number of piperazine rings is 1. The SMILES string of the molecule is CCC(CS(=O)(=O)c1ccccc1)NC(=NC)N1CCN(Cc2cc(C)on2)CC1. The molecule has 1 aliphatic rings. The summed E-state index contributed by atoms with van der Waals surface area (Å²) in [5.41, 5.74) is 0.945. The van der Waals surface area contributed by atoms with Gasteiger partial charge in [0.1, 0.15) is 5.76 Å². The Balaban J connectivity index is 1.55. The molecular weight excluding hydrogens is 402 g/mol. The van der Waals surface area contributed by atoms with Crippen LogP contribution in [0.3, 0.4) is 0 Å². The van der Waals surface area contributed by atoms with Crippen LogP contribution in [0, 0.1) is 6.92 Å². The van der Waals surface area contributed by atoms with Crippen LogP contribution in [0.1, 0.15) is 24.8 Å². The van der Waals surface area contributed by atoms with Gasteiger partial charge in [-0.15, -0.1) is 0 Å². The van der Waals surface area contributed by atoms with Gasteiger partial charge in [0.05, 0.1) is 16.3 Å². The van der Waals surface area contributed by atoms with Crippen LogP contribution in [0.15, 0.2) is 50.8 Å². The zero-order valence-electron chi connectivity index (χ0n) is 17.9. The smallest absolute Gasteiger partial charge is 0.193 e. The van der Waals surface area contributed by atoms with Crippen molar-refractivity contribution in [3.8, 4) is 0 Å². The van der Waals surface area contributed by atoms with E-state index in [0.29, 0.717) is 11.3 Å². The molecule has 1 unspecified atom stereocenters. The topological polar surface area (TPSA) is 91.0 Å². The number of hydrogen-bond acceptors (Lipinski definition) is 6. The van der Waals surface area contributed by atoms with Gasteiger partial charge >= 0.3 is 0 Å². The highest BCUT2D eigenvalue weighted by molar-refractivity contribution is 7.91. The van der Waals surface area contributed by atoms with Crippen LogP contribution in [-0.4, -0.2) is 74.4 Å². The van der Waals surface area contributed by atoms with Gasteiger partial charge in [-0.05, 0) is 25.5 Å². The molecule has 0 radical (unpaired) electrons. The van der Waals surface area contributed by atoms with E-state index in [1.807, 2.05) is 26.0 Å². The Labute approximate surface area is 178 Å². The van der Waals surface area contributed by atoms with Gasteiger partial charge in [0.25, 0.3) is 0 Å². The molecule has 1 atom stereocenters.